The van der Waals surface area contributed by atoms with Crippen molar-refractivity contribution in [3.63, 3.8) is 0 Å². The highest BCUT2D eigenvalue weighted by molar-refractivity contribution is 5.84. The Balaban J connectivity index is 2.08. The first-order valence-corrected chi connectivity index (χ1v) is 8.87. The highest BCUT2D eigenvalue weighted by Gasteiger charge is 2.38. The van der Waals surface area contributed by atoms with Crippen LogP contribution in [-0.2, 0) is 17.5 Å². The van der Waals surface area contributed by atoms with Crippen LogP contribution in [0.5, 0.6) is 0 Å². The molecule has 0 spiro atoms. The van der Waals surface area contributed by atoms with Gasteiger partial charge in [0.1, 0.15) is 6.04 Å². The van der Waals surface area contributed by atoms with Gasteiger partial charge in [0, 0.05) is 18.9 Å². The van der Waals surface area contributed by atoms with E-state index < -0.39 is 29.4 Å². The minimum Gasteiger partial charge on any atom is -0.350 e. The smallest absolute Gasteiger partial charge is 0.350 e. The van der Waals surface area contributed by atoms with E-state index >= 15 is 0 Å². The van der Waals surface area contributed by atoms with E-state index in [-0.39, 0.29) is 17.6 Å². The van der Waals surface area contributed by atoms with Crippen molar-refractivity contribution in [2.75, 3.05) is 0 Å². The molecule has 2 aromatic heterocycles. The number of aromatic nitrogens is 3. The Labute approximate surface area is 164 Å². The number of pyridine rings is 1. The van der Waals surface area contributed by atoms with Crippen molar-refractivity contribution < 1.29 is 18.0 Å². The molecular weight excluding hydrogens is 385 g/mol. The highest BCUT2D eigenvalue weighted by Crippen LogP contribution is 2.28. The lowest BCUT2D eigenvalue weighted by Gasteiger charge is -2.20. The van der Waals surface area contributed by atoms with E-state index in [9.17, 15) is 22.8 Å². The third-order valence-electron chi connectivity index (χ3n) is 4.73. The molecule has 3 rings (SSSR count). The molecule has 1 amide bonds. The molecule has 0 fully saturated rings. The third kappa shape index (κ3) is 4.13. The van der Waals surface area contributed by atoms with Crippen LogP contribution in [0.3, 0.4) is 0 Å². The quantitative estimate of drug-likeness (QED) is 0.724. The van der Waals surface area contributed by atoms with Crippen LogP contribution in [0, 0.1) is 13.8 Å². The summed E-state index contributed by atoms with van der Waals surface area (Å²) in [5.41, 5.74) is -0.478. The first-order valence-electron chi connectivity index (χ1n) is 8.87. The number of fused-ring (bicyclic) bond motifs is 1. The van der Waals surface area contributed by atoms with Crippen LogP contribution in [-0.4, -0.2) is 20.4 Å². The van der Waals surface area contributed by atoms with Gasteiger partial charge in [0.05, 0.1) is 11.0 Å². The maximum absolute atomic E-state index is 13.4. The van der Waals surface area contributed by atoms with Gasteiger partial charge in [0.15, 0.2) is 0 Å². The number of halogens is 3. The van der Waals surface area contributed by atoms with Gasteiger partial charge in [0.2, 0.25) is 11.6 Å². The molecule has 29 heavy (non-hydrogen) atoms. The van der Waals surface area contributed by atoms with Gasteiger partial charge >= 0.3 is 6.18 Å². The monoisotopic (exact) mass is 404 g/mol. The number of nitrogens with zero attached hydrogens (tertiary/aromatic N) is 3. The van der Waals surface area contributed by atoms with Gasteiger partial charge in [-0.15, -0.1) is 0 Å². The average Bonchev–Trinajstić information content (AvgIpc) is 2.66. The van der Waals surface area contributed by atoms with Gasteiger partial charge in [0.25, 0.3) is 5.56 Å². The van der Waals surface area contributed by atoms with Crippen LogP contribution in [0.4, 0.5) is 13.2 Å². The fourth-order valence-corrected chi connectivity index (χ4v) is 2.99. The number of hydrogen-bond donors (Lipinski definition) is 1. The largest absolute Gasteiger partial charge is 0.438 e. The fourth-order valence-electron chi connectivity index (χ4n) is 2.99. The molecule has 9 heteroatoms. The Bertz CT molecular complexity index is 1120. The summed E-state index contributed by atoms with van der Waals surface area (Å²) in [6.45, 7) is 5.03. The second-order valence-electron chi connectivity index (χ2n) is 6.81. The van der Waals surface area contributed by atoms with Crippen LogP contribution in [0.15, 0.2) is 41.5 Å². The molecule has 0 saturated carbocycles. The van der Waals surface area contributed by atoms with E-state index in [0.29, 0.717) is 0 Å². The molecule has 1 aromatic carbocycles. The first kappa shape index (κ1) is 20.5. The highest BCUT2D eigenvalue weighted by atomic mass is 19.4. The van der Waals surface area contributed by atoms with Crippen molar-refractivity contribution in [2.45, 2.75) is 39.5 Å². The van der Waals surface area contributed by atoms with Crippen molar-refractivity contribution >= 4 is 16.9 Å². The molecule has 6 nitrogen and oxygen atoms in total. The molecule has 1 atom stereocenters. The molecule has 3 aromatic rings. The first-order chi connectivity index (χ1) is 13.6. The number of carbonyl (C=O) groups is 1. The molecular formula is C20H19F3N4O2. The topological polar surface area (TPSA) is 76.9 Å². The second kappa shape index (κ2) is 7.65. The van der Waals surface area contributed by atoms with Crippen LogP contribution in [0.2, 0.25) is 0 Å². The normalized spacial score (nSPS) is 12.8. The number of alkyl halides is 3. The number of carbonyl (C=O) groups excluding carboxylic acids is 1. The van der Waals surface area contributed by atoms with Crippen molar-refractivity contribution in [2.24, 2.45) is 0 Å². The molecule has 0 saturated heterocycles. The van der Waals surface area contributed by atoms with Crippen molar-refractivity contribution in [3.05, 3.63) is 69.4 Å². The predicted molar refractivity (Wildman–Crippen MR) is 101 cm³/mol. The zero-order valence-corrected chi connectivity index (χ0v) is 16.0. The number of rotatable bonds is 4. The summed E-state index contributed by atoms with van der Waals surface area (Å²) in [4.78, 5) is 32.8. The van der Waals surface area contributed by atoms with Crippen LogP contribution in [0.1, 0.15) is 35.3 Å². The van der Waals surface area contributed by atoms with E-state index in [2.05, 4.69) is 15.3 Å². The van der Waals surface area contributed by atoms with E-state index in [1.54, 1.807) is 44.4 Å². The molecule has 0 radical (unpaired) electrons. The summed E-state index contributed by atoms with van der Waals surface area (Å²) in [6, 6.07) is 5.33. The molecule has 152 valence electrons. The Kier molecular flexibility index (Phi) is 5.41. The lowest BCUT2D eigenvalue weighted by molar-refractivity contribution is -0.142. The molecule has 0 aliphatic carbocycles. The van der Waals surface area contributed by atoms with Crippen molar-refractivity contribution in [3.8, 4) is 0 Å². The molecule has 0 bridgehead atoms. The van der Waals surface area contributed by atoms with Gasteiger partial charge in [-0.05, 0) is 55.7 Å². The summed E-state index contributed by atoms with van der Waals surface area (Å²) in [5, 5.41) is 2.63. The summed E-state index contributed by atoms with van der Waals surface area (Å²) < 4.78 is 41.0. The molecule has 0 aliphatic heterocycles. The third-order valence-corrected chi connectivity index (χ3v) is 4.73. The van der Waals surface area contributed by atoms with Crippen LogP contribution < -0.4 is 10.9 Å². The SMILES string of the molecule is Cc1cc2nc(C(F)(F)F)c(=O)n([C@@H](C)C(=O)NCc3cccnc3)c2cc1C. The number of aryl methyl sites for hydroxylation is 2. The Morgan fingerprint density at radius 3 is 2.55 bits per heavy atom. The predicted octanol–water partition coefficient (Wildman–Crippen LogP) is 3.30. The van der Waals surface area contributed by atoms with Gasteiger partial charge in [-0.1, -0.05) is 6.07 Å². The minimum absolute atomic E-state index is 0.00642. The Morgan fingerprint density at radius 2 is 1.93 bits per heavy atom. The van der Waals surface area contributed by atoms with E-state index in [4.69, 9.17) is 0 Å². The number of benzene rings is 1. The molecule has 1 N–H and O–H groups in total. The summed E-state index contributed by atoms with van der Waals surface area (Å²) in [7, 11) is 0. The van der Waals surface area contributed by atoms with E-state index in [1.165, 1.54) is 13.0 Å². The van der Waals surface area contributed by atoms with Crippen molar-refractivity contribution in [1.82, 2.24) is 19.9 Å². The average molecular weight is 404 g/mol. The number of nitrogens with one attached hydrogen (secondary N) is 1. The summed E-state index contributed by atoms with van der Waals surface area (Å²) in [5.74, 6) is -0.588. The zero-order chi connectivity index (χ0) is 21.3. The van der Waals surface area contributed by atoms with Gasteiger partial charge in [-0.2, -0.15) is 13.2 Å². The van der Waals surface area contributed by atoms with Gasteiger partial charge in [-0.3, -0.25) is 19.1 Å². The van der Waals surface area contributed by atoms with E-state index in [1.807, 2.05) is 0 Å². The lowest BCUT2D eigenvalue weighted by atomic mass is 10.1. The van der Waals surface area contributed by atoms with Gasteiger partial charge < -0.3 is 5.32 Å². The maximum atomic E-state index is 13.4. The van der Waals surface area contributed by atoms with Crippen molar-refractivity contribution in [1.29, 1.82) is 0 Å². The standard InChI is InChI=1S/C20H19F3N4O2/c1-11-7-15-16(8-12(11)2)27(19(29)17(26-15)20(21,22)23)13(3)18(28)25-10-14-5-4-6-24-9-14/h4-9,13H,10H2,1-3H3,(H,25,28)/t13-/m0/s1. The Morgan fingerprint density at radius 1 is 1.24 bits per heavy atom. The van der Waals surface area contributed by atoms with Gasteiger partial charge in [-0.25, -0.2) is 4.98 Å². The van der Waals surface area contributed by atoms with Crippen LogP contribution >= 0.6 is 0 Å². The summed E-state index contributed by atoms with van der Waals surface area (Å²) >= 11 is 0. The second-order valence-corrected chi connectivity index (χ2v) is 6.81. The zero-order valence-electron chi connectivity index (χ0n) is 16.0. The van der Waals surface area contributed by atoms with Crippen LogP contribution in [0.25, 0.3) is 11.0 Å². The number of hydrogen-bond acceptors (Lipinski definition) is 4. The lowest BCUT2D eigenvalue weighted by Crippen LogP contribution is -2.39. The molecule has 0 aliphatic rings. The molecule has 0 unspecified atom stereocenters. The molecule has 2 heterocycles. The number of amides is 1. The maximum Gasteiger partial charge on any atom is 0.438 e. The fraction of sp³-hybridized carbons (Fsp3) is 0.300. The minimum atomic E-state index is -4.93. The summed E-state index contributed by atoms with van der Waals surface area (Å²) in [6.07, 6.45) is -1.79. The Hall–Kier alpha value is -3.23. The van der Waals surface area contributed by atoms with E-state index in [0.717, 1.165) is 21.3 Å².